The summed E-state index contributed by atoms with van der Waals surface area (Å²) in [6.45, 7) is 1.86. The van der Waals surface area contributed by atoms with Gasteiger partial charge in [0.15, 0.2) is 5.58 Å². The first-order chi connectivity index (χ1) is 11.6. The average Bonchev–Trinajstić information content (AvgIpc) is 3.11. The molecule has 0 saturated carbocycles. The van der Waals surface area contributed by atoms with E-state index in [1.807, 2.05) is 55.5 Å². The number of fused-ring (bicyclic) bond motifs is 1. The molecule has 0 aliphatic heterocycles. The van der Waals surface area contributed by atoms with Crippen molar-refractivity contribution in [3.05, 3.63) is 80.7 Å². The van der Waals surface area contributed by atoms with Crippen molar-refractivity contribution in [2.24, 2.45) is 0 Å². The molecule has 2 aromatic carbocycles. The minimum absolute atomic E-state index is 0.168. The number of benzene rings is 2. The van der Waals surface area contributed by atoms with Crippen molar-refractivity contribution < 1.29 is 4.42 Å². The molecule has 0 aliphatic carbocycles. The van der Waals surface area contributed by atoms with E-state index in [0.717, 1.165) is 11.3 Å². The lowest BCUT2D eigenvalue weighted by Gasteiger charge is -1.99. The Morgan fingerprint density at radius 2 is 2.04 bits per heavy atom. The fraction of sp³-hybridized carbons (Fsp3) is 0.111. The summed E-state index contributed by atoms with van der Waals surface area (Å²) >= 11 is 6.02. The minimum atomic E-state index is -0.168. The molecule has 4 aromatic rings. The number of H-pyrrole nitrogens is 1. The molecule has 0 atom stereocenters. The highest BCUT2D eigenvalue weighted by molar-refractivity contribution is 6.30. The van der Waals surface area contributed by atoms with Crippen molar-refractivity contribution in [2.45, 2.75) is 13.3 Å². The Balaban J connectivity index is 1.77. The van der Waals surface area contributed by atoms with Crippen LogP contribution in [-0.4, -0.2) is 14.8 Å². The number of para-hydroxylation sites is 2. The van der Waals surface area contributed by atoms with E-state index in [1.165, 1.54) is 4.68 Å². The standard InChI is InChI=1S/C18H14ClN3O2/c1-11-14(10-12-5-4-6-13(19)9-12)17(23)22(21-11)18-20-15-7-2-3-8-16(15)24-18/h2-9,21H,10H2,1H3. The zero-order valence-electron chi connectivity index (χ0n) is 12.9. The first-order valence-corrected chi connectivity index (χ1v) is 7.90. The predicted molar refractivity (Wildman–Crippen MR) is 93.0 cm³/mol. The number of rotatable bonds is 3. The second-order valence-electron chi connectivity index (χ2n) is 5.63. The number of hydrogen-bond donors (Lipinski definition) is 1. The van der Waals surface area contributed by atoms with E-state index in [0.29, 0.717) is 28.1 Å². The van der Waals surface area contributed by atoms with E-state index < -0.39 is 0 Å². The van der Waals surface area contributed by atoms with Crippen molar-refractivity contribution in [3.8, 4) is 6.01 Å². The lowest BCUT2D eigenvalue weighted by atomic mass is 10.1. The number of aryl methyl sites for hydroxylation is 1. The number of halogens is 1. The molecule has 2 heterocycles. The Hall–Kier alpha value is -2.79. The maximum atomic E-state index is 12.8. The Labute approximate surface area is 142 Å². The van der Waals surface area contributed by atoms with Crippen LogP contribution in [0.2, 0.25) is 5.02 Å². The van der Waals surface area contributed by atoms with E-state index in [-0.39, 0.29) is 11.6 Å². The second-order valence-corrected chi connectivity index (χ2v) is 6.06. The number of hydrogen-bond acceptors (Lipinski definition) is 3. The molecule has 1 N–H and O–H groups in total. The van der Waals surface area contributed by atoms with Gasteiger partial charge in [-0.1, -0.05) is 35.9 Å². The van der Waals surface area contributed by atoms with Crippen LogP contribution in [-0.2, 0) is 6.42 Å². The highest BCUT2D eigenvalue weighted by atomic mass is 35.5. The number of aromatic nitrogens is 3. The SMILES string of the molecule is Cc1[nH]n(-c2nc3ccccc3o2)c(=O)c1Cc1cccc(Cl)c1. The van der Waals surface area contributed by atoms with Gasteiger partial charge in [-0.3, -0.25) is 9.89 Å². The van der Waals surface area contributed by atoms with E-state index in [9.17, 15) is 4.79 Å². The topological polar surface area (TPSA) is 63.8 Å². The van der Waals surface area contributed by atoms with Gasteiger partial charge in [-0.25, -0.2) is 0 Å². The molecule has 0 spiro atoms. The van der Waals surface area contributed by atoms with Crippen molar-refractivity contribution in [3.63, 3.8) is 0 Å². The maximum absolute atomic E-state index is 12.8. The Kier molecular flexibility index (Phi) is 3.50. The van der Waals surface area contributed by atoms with Crippen LogP contribution in [0.1, 0.15) is 16.8 Å². The van der Waals surface area contributed by atoms with Gasteiger partial charge >= 0.3 is 6.01 Å². The monoisotopic (exact) mass is 339 g/mol. The summed E-state index contributed by atoms with van der Waals surface area (Å²) in [4.78, 5) is 17.1. The molecule has 5 nitrogen and oxygen atoms in total. The van der Waals surface area contributed by atoms with Gasteiger partial charge in [0.1, 0.15) is 5.52 Å². The molecule has 120 valence electrons. The lowest BCUT2D eigenvalue weighted by Crippen LogP contribution is -2.17. The average molecular weight is 340 g/mol. The minimum Gasteiger partial charge on any atom is -0.422 e. The third-order valence-electron chi connectivity index (χ3n) is 3.94. The number of nitrogens with one attached hydrogen (secondary N) is 1. The fourth-order valence-electron chi connectivity index (χ4n) is 2.73. The molecule has 0 saturated heterocycles. The summed E-state index contributed by atoms with van der Waals surface area (Å²) in [5.41, 5.74) is 3.61. The van der Waals surface area contributed by atoms with Crippen LogP contribution >= 0.6 is 11.6 Å². The Morgan fingerprint density at radius 1 is 1.21 bits per heavy atom. The quantitative estimate of drug-likeness (QED) is 0.616. The van der Waals surface area contributed by atoms with Crippen molar-refractivity contribution in [1.29, 1.82) is 0 Å². The zero-order chi connectivity index (χ0) is 16.7. The van der Waals surface area contributed by atoms with Crippen molar-refractivity contribution in [1.82, 2.24) is 14.8 Å². The van der Waals surface area contributed by atoms with Crippen LogP contribution in [0.4, 0.5) is 0 Å². The molecule has 2 aromatic heterocycles. The molecule has 0 radical (unpaired) electrons. The van der Waals surface area contributed by atoms with Gasteiger partial charge in [0.05, 0.1) is 0 Å². The number of nitrogens with zero attached hydrogens (tertiary/aromatic N) is 2. The van der Waals surface area contributed by atoms with E-state index in [4.69, 9.17) is 16.0 Å². The van der Waals surface area contributed by atoms with E-state index >= 15 is 0 Å². The zero-order valence-corrected chi connectivity index (χ0v) is 13.7. The largest absolute Gasteiger partial charge is 0.422 e. The van der Waals surface area contributed by atoms with Crippen LogP contribution in [0.15, 0.2) is 57.7 Å². The van der Waals surface area contributed by atoms with Crippen LogP contribution < -0.4 is 5.56 Å². The third kappa shape index (κ3) is 2.53. The molecule has 4 rings (SSSR count). The summed E-state index contributed by atoms with van der Waals surface area (Å²) in [7, 11) is 0. The van der Waals surface area contributed by atoms with E-state index in [1.54, 1.807) is 0 Å². The van der Waals surface area contributed by atoms with Gasteiger partial charge in [0.2, 0.25) is 0 Å². The van der Waals surface area contributed by atoms with Gasteiger partial charge in [-0.15, -0.1) is 0 Å². The van der Waals surface area contributed by atoms with Crippen LogP contribution in [0.5, 0.6) is 0 Å². The predicted octanol–water partition coefficient (Wildman–Crippen LogP) is 3.86. The Morgan fingerprint density at radius 3 is 2.83 bits per heavy atom. The summed E-state index contributed by atoms with van der Waals surface area (Å²) in [6, 6.07) is 15.1. The maximum Gasteiger partial charge on any atom is 0.325 e. The first-order valence-electron chi connectivity index (χ1n) is 7.53. The molecule has 0 fully saturated rings. The van der Waals surface area contributed by atoms with Gasteiger partial charge in [-0.2, -0.15) is 9.67 Å². The third-order valence-corrected chi connectivity index (χ3v) is 4.17. The van der Waals surface area contributed by atoms with Crippen LogP contribution in [0.3, 0.4) is 0 Å². The normalized spacial score (nSPS) is 11.2. The van der Waals surface area contributed by atoms with Gasteiger partial charge in [-0.05, 0) is 36.8 Å². The van der Waals surface area contributed by atoms with Crippen LogP contribution in [0, 0.1) is 6.92 Å². The summed E-state index contributed by atoms with van der Waals surface area (Å²) in [6.07, 6.45) is 0.495. The molecule has 24 heavy (non-hydrogen) atoms. The number of oxazole rings is 1. The van der Waals surface area contributed by atoms with Crippen molar-refractivity contribution >= 4 is 22.7 Å². The highest BCUT2D eigenvalue weighted by Gasteiger charge is 2.16. The second kappa shape index (κ2) is 5.69. The summed E-state index contributed by atoms with van der Waals surface area (Å²) < 4.78 is 7.01. The number of aromatic amines is 1. The van der Waals surface area contributed by atoms with Gasteiger partial charge in [0.25, 0.3) is 5.56 Å². The highest BCUT2D eigenvalue weighted by Crippen LogP contribution is 2.18. The molecule has 0 amide bonds. The van der Waals surface area contributed by atoms with Crippen LogP contribution in [0.25, 0.3) is 17.1 Å². The molecular weight excluding hydrogens is 326 g/mol. The summed E-state index contributed by atoms with van der Waals surface area (Å²) in [5.74, 6) is 0. The smallest absolute Gasteiger partial charge is 0.325 e. The van der Waals surface area contributed by atoms with Crippen molar-refractivity contribution in [2.75, 3.05) is 0 Å². The summed E-state index contributed by atoms with van der Waals surface area (Å²) in [5, 5.41) is 3.69. The molecule has 0 bridgehead atoms. The fourth-order valence-corrected chi connectivity index (χ4v) is 2.94. The Bertz CT molecular complexity index is 1060. The molecule has 0 unspecified atom stereocenters. The van der Waals surface area contributed by atoms with E-state index in [2.05, 4.69) is 10.1 Å². The van der Waals surface area contributed by atoms with Gasteiger partial charge < -0.3 is 4.42 Å². The molecule has 6 heteroatoms. The first kappa shape index (κ1) is 14.8. The molecular formula is C18H14ClN3O2. The van der Waals surface area contributed by atoms with Gasteiger partial charge in [0, 0.05) is 22.7 Å². The molecule has 0 aliphatic rings. The lowest BCUT2D eigenvalue weighted by molar-refractivity contribution is 0.535.